The van der Waals surface area contributed by atoms with E-state index in [0.717, 1.165) is 12.2 Å². The second-order valence-corrected chi connectivity index (χ2v) is 3.02. The van der Waals surface area contributed by atoms with E-state index >= 15 is 0 Å². The van der Waals surface area contributed by atoms with Crippen molar-refractivity contribution < 1.29 is 0 Å². The molecular weight excluding hydrogens is 176 g/mol. The molecule has 72 valence electrons. The Labute approximate surface area is 82.4 Å². The van der Waals surface area contributed by atoms with E-state index < -0.39 is 0 Å². The standard InChI is InChI=1S/C10H12N4/c1-11-10-12-9(13-14-10)7-8-5-3-2-4-6-8/h2-6H,7H2,1H3,(H2,11,12,13,14). The summed E-state index contributed by atoms with van der Waals surface area (Å²) < 4.78 is 0. The van der Waals surface area contributed by atoms with Crippen LogP contribution in [-0.4, -0.2) is 22.2 Å². The van der Waals surface area contributed by atoms with Crippen molar-refractivity contribution in [1.82, 2.24) is 15.2 Å². The minimum absolute atomic E-state index is 0.635. The zero-order valence-corrected chi connectivity index (χ0v) is 7.99. The lowest BCUT2D eigenvalue weighted by Crippen LogP contribution is -1.91. The molecule has 4 nitrogen and oxygen atoms in total. The Kier molecular flexibility index (Phi) is 2.44. The van der Waals surface area contributed by atoms with Gasteiger partial charge in [0.2, 0.25) is 5.95 Å². The van der Waals surface area contributed by atoms with Gasteiger partial charge in [-0.25, -0.2) is 0 Å². The number of aromatic amines is 1. The van der Waals surface area contributed by atoms with Crippen molar-refractivity contribution in [2.24, 2.45) is 0 Å². The number of aromatic nitrogens is 3. The van der Waals surface area contributed by atoms with Crippen molar-refractivity contribution in [3.8, 4) is 0 Å². The summed E-state index contributed by atoms with van der Waals surface area (Å²) >= 11 is 0. The van der Waals surface area contributed by atoms with E-state index in [1.165, 1.54) is 5.56 Å². The van der Waals surface area contributed by atoms with E-state index in [4.69, 9.17) is 0 Å². The van der Waals surface area contributed by atoms with Gasteiger partial charge in [-0.15, -0.1) is 5.10 Å². The SMILES string of the molecule is CNc1n[nH]c(Cc2ccccc2)n1. The molecule has 0 fully saturated rings. The third-order valence-corrected chi connectivity index (χ3v) is 1.97. The van der Waals surface area contributed by atoms with Crippen LogP contribution in [0.2, 0.25) is 0 Å². The van der Waals surface area contributed by atoms with Gasteiger partial charge in [0.15, 0.2) is 0 Å². The quantitative estimate of drug-likeness (QED) is 0.766. The molecule has 0 aliphatic rings. The highest BCUT2D eigenvalue weighted by Crippen LogP contribution is 2.05. The first-order chi connectivity index (χ1) is 6.88. The first kappa shape index (κ1) is 8.74. The number of anilines is 1. The molecule has 2 rings (SSSR count). The van der Waals surface area contributed by atoms with Crippen LogP contribution in [0.25, 0.3) is 0 Å². The number of nitrogens with one attached hydrogen (secondary N) is 2. The highest BCUT2D eigenvalue weighted by Gasteiger charge is 2.01. The molecular formula is C10H12N4. The van der Waals surface area contributed by atoms with Crippen LogP contribution in [0.1, 0.15) is 11.4 Å². The second kappa shape index (κ2) is 3.91. The summed E-state index contributed by atoms with van der Waals surface area (Å²) in [5, 5.41) is 9.74. The van der Waals surface area contributed by atoms with Gasteiger partial charge in [-0.2, -0.15) is 4.98 Å². The molecule has 0 bridgehead atoms. The van der Waals surface area contributed by atoms with Gasteiger partial charge in [-0.1, -0.05) is 30.3 Å². The Morgan fingerprint density at radius 1 is 1.29 bits per heavy atom. The highest BCUT2D eigenvalue weighted by molar-refractivity contribution is 5.24. The fourth-order valence-corrected chi connectivity index (χ4v) is 1.28. The average molecular weight is 188 g/mol. The van der Waals surface area contributed by atoms with Crippen LogP contribution in [-0.2, 0) is 6.42 Å². The summed E-state index contributed by atoms with van der Waals surface area (Å²) in [6.07, 6.45) is 0.787. The molecule has 0 amide bonds. The summed E-state index contributed by atoms with van der Waals surface area (Å²) in [6, 6.07) is 10.2. The van der Waals surface area contributed by atoms with Crippen molar-refractivity contribution >= 4 is 5.95 Å². The molecule has 0 unspecified atom stereocenters. The third-order valence-electron chi connectivity index (χ3n) is 1.97. The van der Waals surface area contributed by atoms with Crippen LogP contribution < -0.4 is 5.32 Å². The van der Waals surface area contributed by atoms with Crippen molar-refractivity contribution in [1.29, 1.82) is 0 Å². The molecule has 1 aromatic heterocycles. The number of hydrogen-bond acceptors (Lipinski definition) is 3. The van der Waals surface area contributed by atoms with Crippen LogP contribution in [0.4, 0.5) is 5.95 Å². The first-order valence-corrected chi connectivity index (χ1v) is 4.51. The summed E-state index contributed by atoms with van der Waals surface area (Å²) in [4.78, 5) is 4.25. The Bertz CT molecular complexity index is 394. The molecule has 0 aliphatic heterocycles. The average Bonchev–Trinajstić information content (AvgIpc) is 2.67. The molecule has 14 heavy (non-hydrogen) atoms. The van der Waals surface area contributed by atoms with E-state index in [0.29, 0.717) is 5.95 Å². The summed E-state index contributed by atoms with van der Waals surface area (Å²) in [6.45, 7) is 0. The van der Waals surface area contributed by atoms with E-state index in [9.17, 15) is 0 Å². The van der Waals surface area contributed by atoms with Crippen molar-refractivity contribution in [2.75, 3.05) is 12.4 Å². The molecule has 1 heterocycles. The zero-order valence-electron chi connectivity index (χ0n) is 7.99. The third kappa shape index (κ3) is 1.90. The summed E-state index contributed by atoms with van der Waals surface area (Å²) in [5.41, 5.74) is 1.23. The van der Waals surface area contributed by atoms with Crippen LogP contribution in [0.5, 0.6) is 0 Å². The molecule has 4 heteroatoms. The molecule has 0 saturated carbocycles. The maximum absolute atomic E-state index is 4.25. The number of rotatable bonds is 3. The lowest BCUT2D eigenvalue weighted by atomic mass is 10.1. The predicted octanol–water partition coefficient (Wildman–Crippen LogP) is 1.44. The van der Waals surface area contributed by atoms with Crippen LogP contribution in [0.15, 0.2) is 30.3 Å². The van der Waals surface area contributed by atoms with Gasteiger partial charge in [0, 0.05) is 13.5 Å². The van der Waals surface area contributed by atoms with Gasteiger partial charge in [0.25, 0.3) is 0 Å². The van der Waals surface area contributed by atoms with Crippen molar-refractivity contribution in [3.63, 3.8) is 0 Å². The molecule has 2 aromatic rings. The van der Waals surface area contributed by atoms with E-state index in [1.807, 2.05) is 18.2 Å². The number of benzene rings is 1. The number of hydrogen-bond donors (Lipinski definition) is 2. The largest absolute Gasteiger partial charge is 0.356 e. The molecule has 2 N–H and O–H groups in total. The molecule has 0 atom stereocenters. The fraction of sp³-hybridized carbons (Fsp3) is 0.200. The molecule has 0 aliphatic carbocycles. The predicted molar refractivity (Wildman–Crippen MR) is 55.2 cm³/mol. The van der Waals surface area contributed by atoms with Crippen LogP contribution >= 0.6 is 0 Å². The van der Waals surface area contributed by atoms with Crippen LogP contribution in [0, 0.1) is 0 Å². The minimum Gasteiger partial charge on any atom is -0.356 e. The summed E-state index contributed by atoms with van der Waals surface area (Å²) in [7, 11) is 1.80. The Morgan fingerprint density at radius 3 is 2.71 bits per heavy atom. The van der Waals surface area contributed by atoms with Gasteiger partial charge in [-0.3, -0.25) is 5.10 Å². The minimum atomic E-state index is 0.635. The normalized spacial score (nSPS) is 10.1. The number of nitrogens with zero attached hydrogens (tertiary/aromatic N) is 2. The molecule has 0 spiro atoms. The van der Waals surface area contributed by atoms with Gasteiger partial charge in [0.1, 0.15) is 5.82 Å². The van der Waals surface area contributed by atoms with Gasteiger partial charge in [0.05, 0.1) is 0 Å². The van der Waals surface area contributed by atoms with E-state index in [-0.39, 0.29) is 0 Å². The zero-order chi connectivity index (χ0) is 9.80. The fourth-order valence-electron chi connectivity index (χ4n) is 1.28. The van der Waals surface area contributed by atoms with Crippen LogP contribution in [0.3, 0.4) is 0 Å². The molecule has 0 radical (unpaired) electrons. The maximum atomic E-state index is 4.25. The lowest BCUT2D eigenvalue weighted by molar-refractivity contribution is 0.972. The molecule has 0 saturated heterocycles. The van der Waals surface area contributed by atoms with E-state index in [1.54, 1.807) is 7.05 Å². The number of H-pyrrole nitrogens is 1. The monoisotopic (exact) mass is 188 g/mol. The maximum Gasteiger partial charge on any atom is 0.241 e. The smallest absolute Gasteiger partial charge is 0.241 e. The first-order valence-electron chi connectivity index (χ1n) is 4.51. The van der Waals surface area contributed by atoms with Crippen molar-refractivity contribution in [2.45, 2.75) is 6.42 Å². The Balaban J connectivity index is 2.11. The van der Waals surface area contributed by atoms with Crippen molar-refractivity contribution in [3.05, 3.63) is 41.7 Å². The topological polar surface area (TPSA) is 53.6 Å². The highest BCUT2D eigenvalue weighted by atomic mass is 15.3. The Morgan fingerprint density at radius 2 is 2.07 bits per heavy atom. The lowest BCUT2D eigenvalue weighted by Gasteiger charge is -1.95. The molecule has 1 aromatic carbocycles. The second-order valence-electron chi connectivity index (χ2n) is 3.02. The van der Waals surface area contributed by atoms with Gasteiger partial charge in [-0.05, 0) is 5.56 Å². The van der Waals surface area contributed by atoms with Gasteiger partial charge >= 0.3 is 0 Å². The van der Waals surface area contributed by atoms with Gasteiger partial charge < -0.3 is 5.32 Å². The Hall–Kier alpha value is -1.84. The summed E-state index contributed by atoms with van der Waals surface area (Å²) in [5.74, 6) is 1.51. The van der Waals surface area contributed by atoms with E-state index in [2.05, 4.69) is 32.6 Å².